The first kappa shape index (κ1) is 21.9. The van der Waals surface area contributed by atoms with Crippen LogP contribution < -0.4 is 9.64 Å². The molecule has 0 spiro atoms. The van der Waals surface area contributed by atoms with Crippen molar-refractivity contribution in [2.24, 2.45) is 0 Å². The van der Waals surface area contributed by atoms with Crippen LogP contribution in [0.1, 0.15) is 5.82 Å². The molecule has 1 saturated heterocycles. The van der Waals surface area contributed by atoms with Crippen LogP contribution in [0, 0.1) is 0 Å². The Morgan fingerprint density at radius 2 is 1.43 bits per heavy atom. The lowest BCUT2D eigenvalue weighted by atomic mass is 10.1. The number of fused-ring (bicyclic) bond motifs is 1. The van der Waals surface area contributed by atoms with Gasteiger partial charge in [0.25, 0.3) is 0 Å². The van der Waals surface area contributed by atoms with Crippen LogP contribution in [0.25, 0.3) is 32.5 Å². The van der Waals surface area contributed by atoms with Crippen molar-refractivity contribution >= 4 is 21.6 Å². The summed E-state index contributed by atoms with van der Waals surface area (Å²) in [5.41, 5.74) is 4.58. The van der Waals surface area contributed by atoms with E-state index in [2.05, 4.69) is 66.0 Å². The van der Waals surface area contributed by atoms with Gasteiger partial charge in [0.1, 0.15) is 30.2 Å². The molecule has 0 radical (unpaired) electrons. The summed E-state index contributed by atoms with van der Waals surface area (Å²) in [6, 6.07) is 28.9. The van der Waals surface area contributed by atoms with Crippen molar-refractivity contribution in [3.8, 4) is 33.9 Å². The number of quaternary nitrogens is 1. The summed E-state index contributed by atoms with van der Waals surface area (Å²) in [5.74, 6) is 2.19. The van der Waals surface area contributed by atoms with E-state index in [0.717, 1.165) is 71.3 Å². The molecule has 1 aliphatic heterocycles. The largest absolute Gasteiger partial charge is 0.438 e. The summed E-state index contributed by atoms with van der Waals surface area (Å²) in [6.45, 7) is 4.27. The Balaban J connectivity index is 1.37. The van der Waals surface area contributed by atoms with Crippen molar-refractivity contribution in [3.63, 3.8) is 0 Å². The first-order valence-corrected chi connectivity index (χ1v) is 12.8. The lowest BCUT2D eigenvalue weighted by molar-refractivity contribution is -0.922. The van der Waals surface area contributed by atoms with Crippen LogP contribution in [0.3, 0.4) is 0 Å². The first-order chi connectivity index (χ1) is 17.3. The minimum atomic E-state index is 0.616. The van der Waals surface area contributed by atoms with E-state index in [1.807, 2.05) is 24.3 Å². The fraction of sp³-hybridized carbons (Fsp3) is 0.172. The Bertz CT molecular complexity index is 1410. The molecule has 0 amide bonds. The van der Waals surface area contributed by atoms with E-state index in [-0.39, 0.29) is 0 Å². The number of aromatic nitrogens is 2. The number of rotatable bonds is 6. The average Bonchev–Trinajstić information content (AvgIpc) is 3.35. The topological polar surface area (TPSA) is 48.7 Å². The Kier molecular flexibility index (Phi) is 6.24. The van der Waals surface area contributed by atoms with Crippen molar-refractivity contribution in [1.29, 1.82) is 0 Å². The van der Waals surface area contributed by atoms with E-state index < -0.39 is 0 Å². The molecule has 1 fully saturated rings. The molecule has 35 heavy (non-hydrogen) atoms. The molecule has 0 atom stereocenters. The van der Waals surface area contributed by atoms with Gasteiger partial charge in [0.2, 0.25) is 5.88 Å². The van der Waals surface area contributed by atoms with Gasteiger partial charge in [-0.2, -0.15) is 4.98 Å². The second-order valence-electron chi connectivity index (χ2n) is 8.67. The second kappa shape index (κ2) is 9.96. The third-order valence-electron chi connectivity index (χ3n) is 6.32. The smallest absolute Gasteiger partial charge is 0.232 e. The zero-order valence-corrected chi connectivity index (χ0v) is 20.1. The Morgan fingerprint density at radius 3 is 2.14 bits per heavy atom. The van der Waals surface area contributed by atoms with Crippen LogP contribution in [0.2, 0.25) is 0 Å². The molecule has 5 nitrogen and oxygen atoms in total. The number of hydrogen-bond acceptors (Lipinski definition) is 5. The van der Waals surface area contributed by atoms with Gasteiger partial charge in [0.15, 0.2) is 5.82 Å². The minimum Gasteiger partial charge on any atom is -0.438 e. The van der Waals surface area contributed by atoms with Crippen LogP contribution in [0.5, 0.6) is 11.6 Å². The molecule has 1 N–H and O–H groups in total. The highest BCUT2D eigenvalue weighted by Gasteiger charge is 2.21. The second-order valence-corrected chi connectivity index (χ2v) is 9.53. The molecule has 3 aromatic carbocycles. The van der Waals surface area contributed by atoms with E-state index >= 15 is 0 Å². The number of nitrogens with one attached hydrogen (secondary N) is 1. The summed E-state index contributed by atoms with van der Waals surface area (Å²) >= 11 is 1.64. The molecule has 6 rings (SSSR count). The van der Waals surface area contributed by atoms with Crippen LogP contribution in [-0.4, -0.2) is 36.3 Å². The van der Waals surface area contributed by atoms with Gasteiger partial charge in [0.05, 0.1) is 18.6 Å². The summed E-state index contributed by atoms with van der Waals surface area (Å²) < 4.78 is 12.0. The minimum absolute atomic E-state index is 0.616. The van der Waals surface area contributed by atoms with E-state index in [4.69, 9.17) is 19.4 Å². The van der Waals surface area contributed by atoms with Crippen molar-refractivity contribution in [2.75, 3.05) is 26.3 Å². The average molecular weight is 481 g/mol. The normalized spacial score (nSPS) is 14.3. The molecule has 0 bridgehead atoms. The summed E-state index contributed by atoms with van der Waals surface area (Å²) in [5, 5.41) is 3.12. The predicted molar refractivity (Wildman–Crippen MR) is 140 cm³/mol. The molecule has 1 aliphatic rings. The number of hydrogen-bond donors (Lipinski definition) is 1. The Morgan fingerprint density at radius 1 is 0.771 bits per heavy atom. The van der Waals surface area contributed by atoms with Gasteiger partial charge in [-0.15, -0.1) is 11.3 Å². The van der Waals surface area contributed by atoms with Gasteiger partial charge in [-0.25, -0.2) is 4.98 Å². The maximum absolute atomic E-state index is 6.45. The predicted octanol–water partition coefficient (Wildman–Crippen LogP) is 5.23. The SMILES string of the molecule is c1ccc(-c2ccc(Oc3nc(C[NH+]4CCOCC4)nc4scc(-c5ccccc5)c34)cc2)cc1. The molecular formula is C29H26N3O2S+. The molecule has 0 unspecified atom stereocenters. The van der Waals surface area contributed by atoms with E-state index in [1.165, 1.54) is 10.5 Å². The summed E-state index contributed by atoms with van der Waals surface area (Å²) in [6.07, 6.45) is 0. The molecule has 174 valence electrons. The van der Waals surface area contributed by atoms with E-state index in [1.54, 1.807) is 11.3 Å². The third kappa shape index (κ3) is 4.82. The lowest BCUT2D eigenvalue weighted by Gasteiger charge is -2.23. The van der Waals surface area contributed by atoms with Crippen LogP contribution in [-0.2, 0) is 11.3 Å². The van der Waals surface area contributed by atoms with Crippen LogP contribution in [0.4, 0.5) is 0 Å². The van der Waals surface area contributed by atoms with E-state index in [0.29, 0.717) is 5.88 Å². The molecule has 6 heteroatoms. The quantitative estimate of drug-likeness (QED) is 0.361. The van der Waals surface area contributed by atoms with Crippen molar-refractivity contribution in [1.82, 2.24) is 9.97 Å². The zero-order chi connectivity index (χ0) is 23.5. The first-order valence-electron chi connectivity index (χ1n) is 11.9. The molecule has 5 aromatic rings. The fourth-order valence-electron chi connectivity index (χ4n) is 4.45. The van der Waals surface area contributed by atoms with E-state index in [9.17, 15) is 0 Å². The number of ether oxygens (including phenoxy) is 2. The zero-order valence-electron chi connectivity index (χ0n) is 19.3. The highest BCUT2D eigenvalue weighted by Crippen LogP contribution is 2.39. The van der Waals surface area contributed by atoms with Gasteiger partial charge in [-0.3, -0.25) is 0 Å². The molecule has 0 saturated carbocycles. The number of benzene rings is 3. The monoisotopic (exact) mass is 480 g/mol. The highest BCUT2D eigenvalue weighted by atomic mass is 32.1. The Labute approximate surface area is 208 Å². The molecule has 3 heterocycles. The fourth-order valence-corrected chi connectivity index (χ4v) is 5.41. The number of nitrogens with zero attached hydrogens (tertiary/aromatic N) is 2. The lowest BCUT2D eigenvalue weighted by Crippen LogP contribution is -3.12. The third-order valence-corrected chi connectivity index (χ3v) is 7.19. The van der Waals surface area contributed by atoms with Gasteiger partial charge < -0.3 is 14.4 Å². The molecular weight excluding hydrogens is 454 g/mol. The van der Waals surface area contributed by atoms with Crippen LogP contribution >= 0.6 is 11.3 Å². The van der Waals surface area contributed by atoms with Gasteiger partial charge in [-0.05, 0) is 28.8 Å². The number of morpholine rings is 1. The maximum atomic E-state index is 6.45. The summed E-state index contributed by atoms with van der Waals surface area (Å²) in [4.78, 5) is 12.3. The highest BCUT2D eigenvalue weighted by molar-refractivity contribution is 7.17. The standard InChI is InChI=1S/C29H25N3O2S/c1-3-7-21(8-4-1)22-11-13-24(14-12-22)34-28-27-25(23-9-5-2-6-10-23)20-35-29(27)31-26(30-28)19-32-15-17-33-18-16-32/h1-14,20H,15-19H2/p+1. The van der Waals surface area contributed by atoms with Crippen LogP contribution in [0.15, 0.2) is 90.3 Å². The van der Waals surface area contributed by atoms with Crippen molar-refractivity contribution < 1.29 is 14.4 Å². The summed E-state index contributed by atoms with van der Waals surface area (Å²) in [7, 11) is 0. The van der Waals surface area contributed by atoms with Crippen molar-refractivity contribution in [3.05, 3.63) is 96.1 Å². The Hall–Kier alpha value is -3.58. The molecule has 2 aromatic heterocycles. The van der Waals surface area contributed by atoms with Crippen molar-refractivity contribution in [2.45, 2.75) is 6.54 Å². The maximum Gasteiger partial charge on any atom is 0.232 e. The van der Waals surface area contributed by atoms with Gasteiger partial charge >= 0.3 is 0 Å². The number of thiophene rings is 1. The van der Waals surface area contributed by atoms with Gasteiger partial charge in [-0.1, -0.05) is 72.8 Å². The molecule has 0 aliphatic carbocycles. The van der Waals surface area contributed by atoms with Gasteiger partial charge in [0, 0.05) is 10.9 Å².